The lowest BCUT2D eigenvalue weighted by atomic mass is 9.83. The van der Waals surface area contributed by atoms with Crippen LogP contribution in [0.1, 0.15) is 44.5 Å². The number of fused-ring (bicyclic) bond motifs is 4. The van der Waals surface area contributed by atoms with E-state index < -0.39 is 0 Å². The van der Waals surface area contributed by atoms with Gasteiger partial charge in [-0.15, -0.1) is 0 Å². The Balaban J connectivity index is 0.908. The van der Waals surface area contributed by atoms with Crippen LogP contribution >= 0.6 is 0 Å². The van der Waals surface area contributed by atoms with Crippen LogP contribution in [-0.4, -0.2) is 0 Å². The highest BCUT2D eigenvalue weighted by atomic mass is 15.1. The average molecular weight is 971 g/mol. The molecule has 2 nitrogen and oxygen atoms in total. The zero-order valence-corrected chi connectivity index (χ0v) is 43.1. The third-order valence-electron chi connectivity index (χ3n) is 15.8. The fourth-order valence-electron chi connectivity index (χ4n) is 11.9. The van der Waals surface area contributed by atoms with E-state index in [-0.39, 0.29) is 0 Å². The second-order valence-corrected chi connectivity index (χ2v) is 20.8. The standard InChI is InChI=1S/C74H54N2/c1-47-11-19-51(20-12-47)23-25-53-27-35-57(36-28-53)75(55-31-15-49(3)16-32-55)69-45-43-61-65-41-42-66-62-44-46-70(68-10-6-8-60(72(62)68)64-40-39-63(73(65)74(64)66)59-7-5-9-67(69)71(59)61)76(56-33-17-50(4)18-34-56)58-37-29-54(30-38-58)26-24-52-21-13-48(2)14-22-52/h5-46H,1-4H3. The molecule has 0 radical (unpaired) electrons. The molecule has 0 fully saturated rings. The van der Waals surface area contributed by atoms with Crippen molar-refractivity contribution in [3.05, 3.63) is 275 Å². The summed E-state index contributed by atoms with van der Waals surface area (Å²) in [5, 5.41) is 17.9. The first-order valence-electron chi connectivity index (χ1n) is 26.5. The molecule has 14 aromatic rings. The van der Waals surface area contributed by atoms with E-state index >= 15 is 0 Å². The number of aryl methyl sites for hydroxylation is 4. The van der Waals surface area contributed by atoms with Gasteiger partial charge in [-0.25, -0.2) is 0 Å². The van der Waals surface area contributed by atoms with E-state index in [0.29, 0.717) is 0 Å². The molecule has 76 heavy (non-hydrogen) atoms. The highest BCUT2D eigenvalue weighted by molar-refractivity contribution is 6.43. The molecular formula is C74H54N2. The SMILES string of the molecule is Cc1ccc(C=Cc2ccc(N(c3ccc(C)cc3)c3ccc4c5ccc6c7ccc(N(c8ccc(C)cc8)c8ccc(C=Cc9ccc(C)cc9)cc8)c8cccc(c9ccc(c%10cccc3c%104)c5c96)c87)cc2)cc1. The Bertz CT molecular complexity index is 4180. The number of benzene rings is 14. The van der Waals surface area contributed by atoms with Gasteiger partial charge in [0.05, 0.1) is 11.4 Å². The van der Waals surface area contributed by atoms with Crippen molar-refractivity contribution in [2.45, 2.75) is 27.7 Å². The lowest BCUT2D eigenvalue weighted by Gasteiger charge is -2.29. The molecule has 0 spiro atoms. The third-order valence-corrected chi connectivity index (χ3v) is 15.8. The molecule has 0 N–H and O–H groups in total. The van der Waals surface area contributed by atoms with E-state index in [2.05, 4.69) is 292 Å². The Morgan fingerprint density at radius 3 is 0.750 bits per heavy atom. The van der Waals surface area contributed by atoms with E-state index in [9.17, 15) is 0 Å². The minimum Gasteiger partial charge on any atom is -0.310 e. The van der Waals surface area contributed by atoms with Crippen molar-refractivity contribution in [1.82, 2.24) is 0 Å². The van der Waals surface area contributed by atoms with Gasteiger partial charge in [0.2, 0.25) is 0 Å². The van der Waals surface area contributed by atoms with Crippen molar-refractivity contribution in [2.75, 3.05) is 9.80 Å². The number of anilines is 6. The first-order valence-corrected chi connectivity index (χ1v) is 26.5. The predicted octanol–water partition coefficient (Wildman–Crippen LogP) is 21.1. The Hall–Kier alpha value is -9.50. The number of hydrogen-bond acceptors (Lipinski definition) is 2. The van der Waals surface area contributed by atoms with Crippen LogP contribution in [0.2, 0.25) is 0 Å². The van der Waals surface area contributed by atoms with Crippen LogP contribution in [0.25, 0.3) is 99.7 Å². The number of hydrogen-bond donors (Lipinski definition) is 0. The number of nitrogens with zero attached hydrogens (tertiary/aromatic N) is 2. The maximum Gasteiger partial charge on any atom is 0.0540 e. The van der Waals surface area contributed by atoms with Crippen molar-refractivity contribution < 1.29 is 0 Å². The van der Waals surface area contributed by atoms with Crippen molar-refractivity contribution in [1.29, 1.82) is 0 Å². The second kappa shape index (κ2) is 18.2. The van der Waals surface area contributed by atoms with Crippen LogP contribution in [-0.2, 0) is 0 Å². The summed E-state index contributed by atoms with van der Waals surface area (Å²) in [6.07, 6.45) is 8.78. The van der Waals surface area contributed by atoms with E-state index in [4.69, 9.17) is 0 Å². The Morgan fingerprint density at radius 2 is 0.434 bits per heavy atom. The predicted molar refractivity (Wildman–Crippen MR) is 330 cm³/mol. The molecule has 2 heteroatoms. The van der Waals surface area contributed by atoms with Crippen molar-refractivity contribution in [2.24, 2.45) is 0 Å². The largest absolute Gasteiger partial charge is 0.310 e. The molecule has 0 unspecified atom stereocenters. The summed E-state index contributed by atoms with van der Waals surface area (Å²) >= 11 is 0. The molecular weight excluding hydrogens is 917 g/mol. The van der Waals surface area contributed by atoms with Crippen LogP contribution in [0, 0.1) is 27.7 Å². The molecule has 14 aromatic carbocycles. The van der Waals surface area contributed by atoms with Crippen molar-refractivity contribution in [3.63, 3.8) is 0 Å². The molecule has 0 atom stereocenters. The van der Waals surface area contributed by atoms with E-state index in [0.717, 1.165) is 45.3 Å². The number of rotatable bonds is 10. The smallest absolute Gasteiger partial charge is 0.0540 e. The minimum absolute atomic E-state index is 1.12. The molecule has 0 saturated heterocycles. The summed E-state index contributed by atoms with van der Waals surface area (Å²) in [4.78, 5) is 4.86. The molecule has 0 aliphatic heterocycles. The maximum absolute atomic E-state index is 2.43. The molecule has 0 aliphatic rings. The molecule has 0 heterocycles. The molecule has 0 aromatic heterocycles. The summed E-state index contributed by atoms with van der Waals surface area (Å²) in [7, 11) is 0. The second-order valence-electron chi connectivity index (χ2n) is 20.8. The fraction of sp³-hybridized carbons (Fsp3) is 0.0541. The normalized spacial score (nSPS) is 12.1. The first kappa shape index (κ1) is 45.1. The van der Waals surface area contributed by atoms with Gasteiger partial charge in [0.25, 0.3) is 0 Å². The molecule has 360 valence electrons. The minimum atomic E-state index is 1.12. The van der Waals surface area contributed by atoms with Gasteiger partial charge in [-0.05, 0) is 175 Å². The topological polar surface area (TPSA) is 6.48 Å². The third kappa shape index (κ3) is 7.64. The van der Waals surface area contributed by atoms with Gasteiger partial charge in [-0.2, -0.15) is 0 Å². The summed E-state index contributed by atoms with van der Waals surface area (Å²) in [6, 6.07) is 86.0. The Labute approximate surface area is 444 Å². The lowest BCUT2D eigenvalue weighted by molar-refractivity contribution is 1.29. The van der Waals surface area contributed by atoms with Crippen LogP contribution < -0.4 is 9.80 Å². The van der Waals surface area contributed by atoms with Gasteiger partial charge in [0, 0.05) is 33.5 Å². The Morgan fingerprint density at radius 1 is 0.211 bits per heavy atom. The van der Waals surface area contributed by atoms with Crippen molar-refractivity contribution >= 4 is 134 Å². The maximum atomic E-state index is 2.43. The summed E-state index contributed by atoms with van der Waals surface area (Å²) in [5.74, 6) is 0. The summed E-state index contributed by atoms with van der Waals surface area (Å²) in [6.45, 7) is 8.57. The summed E-state index contributed by atoms with van der Waals surface area (Å²) < 4.78 is 0. The lowest BCUT2D eigenvalue weighted by Crippen LogP contribution is -2.10. The van der Waals surface area contributed by atoms with E-state index in [1.165, 1.54) is 109 Å². The van der Waals surface area contributed by atoms with Crippen LogP contribution in [0.15, 0.2) is 231 Å². The zero-order valence-electron chi connectivity index (χ0n) is 43.1. The van der Waals surface area contributed by atoms with Gasteiger partial charge in [-0.1, -0.05) is 216 Å². The van der Waals surface area contributed by atoms with Gasteiger partial charge < -0.3 is 9.80 Å². The van der Waals surface area contributed by atoms with Gasteiger partial charge in [-0.3, -0.25) is 0 Å². The van der Waals surface area contributed by atoms with E-state index in [1.54, 1.807) is 0 Å². The Kier molecular flexibility index (Phi) is 10.8. The zero-order chi connectivity index (χ0) is 51.0. The van der Waals surface area contributed by atoms with Gasteiger partial charge in [0.15, 0.2) is 0 Å². The quantitative estimate of drug-likeness (QED) is 0.0765. The summed E-state index contributed by atoms with van der Waals surface area (Å²) in [5.41, 5.74) is 16.5. The van der Waals surface area contributed by atoms with Crippen LogP contribution in [0.4, 0.5) is 34.1 Å². The monoisotopic (exact) mass is 970 g/mol. The molecule has 0 saturated carbocycles. The average Bonchev–Trinajstić information content (AvgIpc) is 3.65. The highest BCUT2D eigenvalue weighted by Crippen LogP contribution is 2.51. The van der Waals surface area contributed by atoms with E-state index in [1.807, 2.05) is 0 Å². The molecule has 0 bridgehead atoms. The molecule has 0 aliphatic carbocycles. The fourth-order valence-corrected chi connectivity index (χ4v) is 11.9. The van der Waals surface area contributed by atoms with Crippen LogP contribution in [0.3, 0.4) is 0 Å². The van der Waals surface area contributed by atoms with Crippen molar-refractivity contribution in [3.8, 4) is 0 Å². The van der Waals surface area contributed by atoms with Crippen LogP contribution in [0.5, 0.6) is 0 Å². The first-order chi connectivity index (χ1) is 37.3. The highest BCUT2D eigenvalue weighted by Gasteiger charge is 2.24. The van der Waals surface area contributed by atoms with Gasteiger partial charge in [0.1, 0.15) is 0 Å². The molecule has 0 amide bonds. The molecule has 14 rings (SSSR count). The van der Waals surface area contributed by atoms with Gasteiger partial charge >= 0.3 is 0 Å².